The quantitative estimate of drug-likeness (QED) is 0.842. The van der Waals surface area contributed by atoms with Gasteiger partial charge in [0, 0.05) is 43.1 Å². The molecule has 5 heteroatoms. The Morgan fingerprint density at radius 2 is 1.92 bits per heavy atom. The molecule has 2 aliphatic rings. The van der Waals surface area contributed by atoms with Gasteiger partial charge in [-0.2, -0.15) is 0 Å². The number of nitrogens with zero attached hydrogens (tertiary/aromatic N) is 2. The van der Waals surface area contributed by atoms with Crippen molar-refractivity contribution >= 4 is 27.3 Å². The van der Waals surface area contributed by atoms with E-state index >= 15 is 0 Å². The average Bonchev–Trinajstić information content (AvgIpc) is 3.13. The van der Waals surface area contributed by atoms with Gasteiger partial charge in [0.1, 0.15) is 0 Å². The van der Waals surface area contributed by atoms with Crippen LogP contribution in [0.25, 0.3) is 0 Å². The lowest BCUT2D eigenvalue weighted by Crippen LogP contribution is -2.56. The van der Waals surface area contributed by atoms with Crippen molar-refractivity contribution in [3.8, 4) is 0 Å². The molecule has 2 aliphatic heterocycles. The van der Waals surface area contributed by atoms with Crippen LogP contribution in [0.1, 0.15) is 16.9 Å². The largest absolute Gasteiger partial charge is 0.392 e. The zero-order valence-electron chi connectivity index (χ0n) is 13.6. The molecular formula is C19H23BrN2OS. The first-order valence-corrected chi connectivity index (χ1v) is 10.2. The first-order valence-electron chi connectivity index (χ1n) is 8.61. The third kappa shape index (κ3) is 3.75. The lowest BCUT2D eigenvalue weighted by molar-refractivity contribution is 0.0452. The second-order valence-corrected chi connectivity index (χ2v) is 9.52. The number of halogens is 1. The van der Waals surface area contributed by atoms with E-state index in [1.807, 2.05) is 11.3 Å². The molecule has 1 aromatic heterocycles. The van der Waals surface area contributed by atoms with Gasteiger partial charge in [-0.05, 0) is 46.5 Å². The molecule has 128 valence electrons. The van der Waals surface area contributed by atoms with Gasteiger partial charge < -0.3 is 5.11 Å². The molecule has 0 spiro atoms. The van der Waals surface area contributed by atoms with Gasteiger partial charge in [0.15, 0.2) is 0 Å². The molecule has 2 saturated heterocycles. The highest BCUT2D eigenvalue weighted by Crippen LogP contribution is 2.30. The molecular weight excluding hydrogens is 384 g/mol. The number of aliphatic hydroxyl groups is 1. The lowest BCUT2D eigenvalue weighted by Gasteiger charge is -2.43. The molecule has 0 unspecified atom stereocenters. The van der Waals surface area contributed by atoms with Gasteiger partial charge in [-0.25, -0.2) is 0 Å². The fraction of sp³-hybridized carbons (Fsp3) is 0.474. The van der Waals surface area contributed by atoms with Crippen molar-refractivity contribution in [2.24, 2.45) is 0 Å². The van der Waals surface area contributed by atoms with Crippen molar-refractivity contribution < 1.29 is 5.11 Å². The Morgan fingerprint density at radius 1 is 1.08 bits per heavy atom. The molecule has 3 nitrogen and oxygen atoms in total. The minimum absolute atomic E-state index is 0.150. The zero-order valence-corrected chi connectivity index (χ0v) is 16.0. The Hall–Kier alpha value is -0.720. The first-order chi connectivity index (χ1) is 11.7. The third-order valence-electron chi connectivity index (χ3n) is 5.21. The Morgan fingerprint density at radius 3 is 2.67 bits per heavy atom. The Balaban J connectivity index is 1.52. The number of aliphatic hydroxyl groups excluding tert-OH is 1. The van der Waals surface area contributed by atoms with Gasteiger partial charge in [-0.1, -0.05) is 30.3 Å². The van der Waals surface area contributed by atoms with Crippen LogP contribution < -0.4 is 0 Å². The predicted molar refractivity (Wildman–Crippen MR) is 102 cm³/mol. The predicted octanol–water partition coefficient (Wildman–Crippen LogP) is 3.37. The highest BCUT2D eigenvalue weighted by molar-refractivity contribution is 9.11. The smallest absolute Gasteiger partial charge is 0.0701 e. The minimum atomic E-state index is -0.150. The third-order valence-corrected chi connectivity index (χ3v) is 6.82. The van der Waals surface area contributed by atoms with E-state index in [0.717, 1.165) is 39.0 Å². The summed E-state index contributed by atoms with van der Waals surface area (Å²) in [6, 6.07) is 16.2. The van der Waals surface area contributed by atoms with Crippen LogP contribution in [0.3, 0.4) is 0 Å². The molecule has 1 aromatic carbocycles. The number of hydrogen-bond donors (Lipinski definition) is 1. The van der Waals surface area contributed by atoms with Gasteiger partial charge >= 0.3 is 0 Å². The van der Waals surface area contributed by atoms with Crippen LogP contribution in [-0.2, 0) is 13.0 Å². The summed E-state index contributed by atoms with van der Waals surface area (Å²) in [5.41, 5.74) is 1.40. The summed E-state index contributed by atoms with van der Waals surface area (Å²) in [4.78, 5) is 6.54. The molecule has 0 aliphatic carbocycles. The molecule has 0 amide bonds. The van der Waals surface area contributed by atoms with Crippen LogP contribution in [0.2, 0.25) is 0 Å². The van der Waals surface area contributed by atoms with E-state index < -0.39 is 0 Å². The normalized spacial score (nSPS) is 28.2. The van der Waals surface area contributed by atoms with Crippen LogP contribution in [0.4, 0.5) is 0 Å². The van der Waals surface area contributed by atoms with Crippen LogP contribution in [-0.4, -0.2) is 52.7 Å². The zero-order chi connectivity index (χ0) is 16.5. The molecule has 2 fully saturated rings. The van der Waals surface area contributed by atoms with E-state index in [0.29, 0.717) is 12.1 Å². The summed E-state index contributed by atoms with van der Waals surface area (Å²) in [6.07, 6.45) is 1.85. The number of hydrogen-bond acceptors (Lipinski definition) is 4. The maximum absolute atomic E-state index is 10.1. The molecule has 3 heterocycles. The number of rotatable bonds is 4. The summed E-state index contributed by atoms with van der Waals surface area (Å²) >= 11 is 5.41. The topological polar surface area (TPSA) is 26.7 Å². The Kier molecular flexibility index (Phi) is 5.06. The van der Waals surface area contributed by atoms with Gasteiger partial charge in [0.25, 0.3) is 0 Å². The molecule has 4 rings (SSSR count). The highest BCUT2D eigenvalue weighted by atomic mass is 79.9. The molecule has 2 aromatic rings. The van der Waals surface area contributed by atoms with Gasteiger partial charge in [-0.15, -0.1) is 11.3 Å². The molecule has 3 atom stereocenters. The minimum Gasteiger partial charge on any atom is -0.392 e. The molecule has 0 bridgehead atoms. The van der Waals surface area contributed by atoms with Gasteiger partial charge in [-0.3, -0.25) is 9.80 Å². The number of thiophene rings is 1. The number of benzene rings is 1. The van der Waals surface area contributed by atoms with Crippen LogP contribution in [0.15, 0.2) is 46.3 Å². The van der Waals surface area contributed by atoms with Crippen molar-refractivity contribution in [3.05, 3.63) is 56.7 Å². The summed E-state index contributed by atoms with van der Waals surface area (Å²) in [6.45, 7) is 3.97. The highest BCUT2D eigenvalue weighted by Gasteiger charge is 2.39. The van der Waals surface area contributed by atoms with E-state index in [1.54, 1.807) is 0 Å². The average molecular weight is 407 g/mol. The van der Waals surface area contributed by atoms with Crippen LogP contribution >= 0.6 is 27.3 Å². The van der Waals surface area contributed by atoms with E-state index in [4.69, 9.17) is 0 Å². The van der Waals surface area contributed by atoms with Crippen molar-refractivity contribution in [2.75, 3.05) is 19.6 Å². The van der Waals surface area contributed by atoms with Crippen molar-refractivity contribution in [1.82, 2.24) is 9.80 Å². The second-order valence-electron chi connectivity index (χ2n) is 6.98. The van der Waals surface area contributed by atoms with E-state index in [1.165, 1.54) is 14.2 Å². The summed E-state index contributed by atoms with van der Waals surface area (Å²) in [5.74, 6) is 0. The van der Waals surface area contributed by atoms with E-state index in [9.17, 15) is 5.11 Å². The van der Waals surface area contributed by atoms with Gasteiger partial charge in [0.05, 0.1) is 9.89 Å². The number of fused-ring (bicyclic) bond motifs is 1. The molecule has 0 radical (unpaired) electrons. The molecule has 1 N–H and O–H groups in total. The van der Waals surface area contributed by atoms with Crippen molar-refractivity contribution in [3.63, 3.8) is 0 Å². The Bertz CT molecular complexity index is 677. The molecule has 0 saturated carbocycles. The fourth-order valence-corrected chi connectivity index (χ4v) is 5.60. The van der Waals surface area contributed by atoms with Gasteiger partial charge in [0.2, 0.25) is 0 Å². The SMILES string of the molecule is O[C@@H]1C[C@H]2CN(Cc3ccc(Br)s3)[C@@H](Cc3ccccc3)CN2C1. The first kappa shape index (κ1) is 16.7. The molecule has 24 heavy (non-hydrogen) atoms. The van der Waals surface area contributed by atoms with Crippen molar-refractivity contribution in [1.29, 1.82) is 0 Å². The second kappa shape index (κ2) is 7.26. The Labute approximate surface area is 156 Å². The van der Waals surface area contributed by atoms with E-state index in [-0.39, 0.29) is 6.10 Å². The maximum atomic E-state index is 10.1. The van der Waals surface area contributed by atoms with Crippen molar-refractivity contribution in [2.45, 2.75) is 37.6 Å². The maximum Gasteiger partial charge on any atom is 0.0701 e. The summed E-state index contributed by atoms with van der Waals surface area (Å²) < 4.78 is 1.20. The van der Waals surface area contributed by atoms with E-state index in [2.05, 4.69) is 68.2 Å². The fourth-order valence-electron chi connectivity index (χ4n) is 4.09. The standard InChI is InChI=1S/C19H23BrN2OS/c20-19-7-6-18(24-19)13-22-11-16-9-17(23)12-21(16)10-15(22)8-14-4-2-1-3-5-14/h1-7,15-17,23H,8-13H2/t15-,16-,17+/m0/s1. The summed E-state index contributed by atoms with van der Waals surface area (Å²) in [5, 5.41) is 10.1. The number of piperazine rings is 1. The summed E-state index contributed by atoms with van der Waals surface area (Å²) in [7, 11) is 0. The monoisotopic (exact) mass is 406 g/mol. The van der Waals surface area contributed by atoms with Crippen LogP contribution in [0, 0.1) is 0 Å². The lowest BCUT2D eigenvalue weighted by atomic mass is 9.99. The van der Waals surface area contributed by atoms with Crippen LogP contribution in [0.5, 0.6) is 0 Å².